The second kappa shape index (κ2) is 6.22. The van der Waals surface area contributed by atoms with E-state index in [4.69, 9.17) is 10.8 Å². The molecule has 0 saturated carbocycles. The Kier molecular flexibility index (Phi) is 5.99. The molecule has 0 spiro atoms. The van der Waals surface area contributed by atoms with E-state index in [0.29, 0.717) is 13.0 Å². The van der Waals surface area contributed by atoms with Crippen molar-refractivity contribution in [1.82, 2.24) is 0 Å². The number of hydrogen-bond acceptors (Lipinski definition) is 1. The van der Waals surface area contributed by atoms with Crippen LogP contribution in [-0.4, -0.2) is 14.9 Å². The van der Waals surface area contributed by atoms with Crippen LogP contribution >= 0.6 is 0 Å². The summed E-state index contributed by atoms with van der Waals surface area (Å²) in [5, 5.41) is 0.195. The molecule has 0 bridgehead atoms. The minimum Gasteiger partial charge on any atom is -0.417 e. The predicted molar refractivity (Wildman–Crippen MR) is 70.1 cm³/mol. The lowest BCUT2D eigenvalue weighted by Gasteiger charge is -2.36. The van der Waals surface area contributed by atoms with Gasteiger partial charge in [-0.1, -0.05) is 26.7 Å². The van der Waals surface area contributed by atoms with Gasteiger partial charge in [-0.05, 0) is 30.6 Å². The molecular formula is C13H22FOSi. The van der Waals surface area contributed by atoms with E-state index < -0.39 is 8.32 Å². The molecule has 0 aliphatic heterocycles. The number of halogens is 1. The summed E-state index contributed by atoms with van der Waals surface area (Å²) in [7, 11) is -1.70. The predicted octanol–water partition coefficient (Wildman–Crippen LogP) is 4.09. The first kappa shape index (κ1) is 15.4. The number of terminal acetylenes is 1. The fraction of sp³-hybridized carbons (Fsp3) is 0.615. The highest BCUT2D eigenvalue weighted by Gasteiger charge is 2.36. The monoisotopic (exact) mass is 241 g/mol. The highest BCUT2D eigenvalue weighted by Crippen LogP contribution is 2.36. The zero-order valence-electron chi connectivity index (χ0n) is 10.9. The molecule has 0 rings (SSSR count). The molecule has 0 atom stereocenters. The molecule has 0 saturated heterocycles. The molecule has 0 unspecified atom stereocenters. The van der Waals surface area contributed by atoms with Gasteiger partial charge in [-0.15, -0.1) is 6.42 Å². The summed E-state index contributed by atoms with van der Waals surface area (Å²) >= 11 is 0. The van der Waals surface area contributed by atoms with Crippen LogP contribution in [0.25, 0.3) is 0 Å². The van der Waals surface area contributed by atoms with Crippen LogP contribution in [0.5, 0.6) is 0 Å². The van der Waals surface area contributed by atoms with Crippen LogP contribution in [0.1, 0.15) is 27.2 Å². The van der Waals surface area contributed by atoms with Crippen molar-refractivity contribution in [1.29, 1.82) is 0 Å². The molecule has 1 nitrogen and oxygen atoms in total. The van der Waals surface area contributed by atoms with E-state index in [1.165, 1.54) is 6.08 Å². The number of allylic oxidation sites excluding steroid dienone is 1. The molecule has 0 amide bonds. The second-order valence-corrected chi connectivity index (χ2v) is 10.1. The van der Waals surface area contributed by atoms with Gasteiger partial charge in [-0.25, -0.2) is 4.39 Å². The van der Waals surface area contributed by atoms with Gasteiger partial charge in [0.25, 0.3) is 0 Å². The summed E-state index contributed by atoms with van der Waals surface area (Å²) in [6.07, 6.45) is 8.10. The van der Waals surface area contributed by atoms with Gasteiger partial charge in [0, 0.05) is 6.61 Å². The lowest BCUT2D eigenvalue weighted by Crippen LogP contribution is -2.40. The maximum atomic E-state index is 12.9. The molecule has 1 radical (unpaired) electrons. The van der Waals surface area contributed by atoms with E-state index in [1.807, 2.05) is 0 Å². The average molecular weight is 241 g/mol. The molecule has 0 aromatic carbocycles. The molecule has 3 heteroatoms. The Hall–Kier alpha value is -0.593. The molecule has 0 aliphatic carbocycles. The molecule has 91 valence electrons. The van der Waals surface area contributed by atoms with Crippen LogP contribution in [0.15, 0.2) is 11.9 Å². The van der Waals surface area contributed by atoms with Crippen molar-refractivity contribution >= 4 is 8.32 Å². The zero-order valence-corrected chi connectivity index (χ0v) is 11.9. The van der Waals surface area contributed by atoms with Crippen LogP contribution in [0, 0.1) is 18.8 Å². The van der Waals surface area contributed by atoms with E-state index in [0.717, 1.165) is 6.42 Å². The van der Waals surface area contributed by atoms with Crippen LogP contribution in [0.2, 0.25) is 18.1 Å². The highest BCUT2D eigenvalue weighted by atomic mass is 28.4. The molecule has 16 heavy (non-hydrogen) atoms. The van der Waals surface area contributed by atoms with E-state index in [-0.39, 0.29) is 10.9 Å². The molecule has 0 aromatic heterocycles. The SMILES string of the molecule is C#C[CH]/C(F)=C/CCO[Si](C)(C)C(C)(C)C. The Bertz CT molecular complexity index is 281. The van der Waals surface area contributed by atoms with Gasteiger partial charge in [0.05, 0.1) is 6.42 Å². The molecule has 0 N–H and O–H groups in total. The van der Waals surface area contributed by atoms with Gasteiger partial charge >= 0.3 is 0 Å². The van der Waals surface area contributed by atoms with Crippen molar-refractivity contribution in [2.45, 2.75) is 45.3 Å². The van der Waals surface area contributed by atoms with Gasteiger partial charge in [0.1, 0.15) is 5.83 Å². The lowest BCUT2D eigenvalue weighted by atomic mass is 10.2. The van der Waals surface area contributed by atoms with Crippen molar-refractivity contribution in [2.75, 3.05) is 6.61 Å². The summed E-state index contributed by atoms with van der Waals surface area (Å²) in [4.78, 5) is 0. The summed E-state index contributed by atoms with van der Waals surface area (Å²) in [6, 6.07) is 0. The Balaban J connectivity index is 4.01. The van der Waals surface area contributed by atoms with Crippen LogP contribution < -0.4 is 0 Å². The second-order valence-electron chi connectivity index (χ2n) is 5.30. The third-order valence-electron chi connectivity index (χ3n) is 2.95. The lowest BCUT2D eigenvalue weighted by molar-refractivity contribution is 0.294. The van der Waals surface area contributed by atoms with Gasteiger partial charge in [0.2, 0.25) is 0 Å². The van der Waals surface area contributed by atoms with Gasteiger partial charge in [0.15, 0.2) is 8.32 Å². The molecule has 0 fully saturated rings. The van der Waals surface area contributed by atoms with Crippen LogP contribution in [-0.2, 0) is 4.43 Å². The summed E-state index contributed by atoms with van der Waals surface area (Å²) in [5.74, 6) is 1.79. The molecular weight excluding hydrogens is 219 g/mol. The third-order valence-corrected chi connectivity index (χ3v) is 7.49. The zero-order chi connectivity index (χ0) is 12.8. The smallest absolute Gasteiger partial charge is 0.191 e. The molecule has 0 heterocycles. The van der Waals surface area contributed by atoms with E-state index >= 15 is 0 Å². The van der Waals surface area contributed by atoms with Gasteiger partial charge in [-0.2, -0.15) is 0 Å². The average Bonchev–Trinajstić information content (AvgIpc) is 2.11. The Morgan fingerprint density at radius 1 is 1.44 bits per heavy atom. The topological polar surface area (TPSA) is 9.23 Å². The fourth-order valence-corrected chi connectivity index (χ4v) is 1.93. The van der Waals surface area contributed by atoms with E-state index in [9.17, 15) is 4.39 Å². The minimum atomic E-state index is -1.70. The standard InChI is InChI=1S/C13H22FOSi/c1-7-9-12(14)10-8-11-15-16(5,6)13(2,3)4/h1,9-10H,8,11H2,2-6H3/b12-10-. The minimum absolute atomic E-state index is 0.195. The summed E-state index contributed by atoms with van der Waals surface area (Å²) in [5.41, 5.74) is 0. The summed E-state index contributed by atoms with van der Waals surface area (Å²) in [6.45, 7) is 11.5. The van der Waals surface area contributed by atoms with E-state index in [2.05, 4.69) is 39.8 Å². The third kappa shape index (κ3) is 5.48. The first-order chi connectivity index (χ1) is 7.20. The maximum Gasteiger partial charge on any atom is 0.191 e. The number of rotatable bonds is 5. The van der Waals surface area contributed by atoms with E-state index in [1.54, 1.807) is 0 Å². The Morgan fingerprint density at radius 2 is 2.00 bits per heavy atom. The molecule has 0 aliphatic rings. The largest absolute Gasteiger partial charge is 0.417 e. The molecule has 0 aromatic rings. The van der Waals surface area contributed by atoms with Crippen molar-refractivity contribution in [2.24, 2.45) is 0 Å². The van der Waals surface area contributed by atoms with Gasteiger partial charge < -0.3 is 4.43 Å². The van der Waals surface area contributed by atoms with Crippen molar-refractivity contribution in [3.63, 3.8) is 0 Å². The fourth-order valence-electron chi connectivity index (χ4n) is 0.866. The Labute approximate surface area is 100 Å². The van der Waals surface area contributed by atoms with Crippen molar-refractivity contribution in [3.05, 3.63) is 18.3 Å². The Morgan fingerprint density at radius 3 is 2.44 bits per heavy atom. The van der Waals surface area contributed by atoms with Gasteiger partial charge in [-0.3, -0.25) is 0 Å². The normalized spacial score (nSPS) is 13.7. The first-order valence-corrected chi connectivity index (χ1v) is 8.40. The number of hydrogen-bond donors (Lipinski definition) is 0. The quantitative estimate of drug-likeness (QED) is 0.400. The van der Waals surface area contributed by atoms with Crippen LogP contribution in [0.3, 0.4) is 0 Å². The highest BCUT2D eigenvalue weighted by molar-refractivity contribution is 6.74. The van der Waals surface area contributed by atoms with Crippen molar-refractivity contribution in [3.8, 4) is 12.3 Å². The first-order valence-electron chi connectivity index (χ1n) is 5.49. The maximum absolute atomic E-state index is 12.9. The van der Waals surface area contributed by atoms with Crippen molar-refractivity contribution < 1.29 is 8.82 Å². The summed E-state index contributed by atoms with van der Waals surface area (Å²) < 4.78 is 18.8. The van der Waals surface area contributed by atoms with Crippen LogP contribution in [0.4, 0.5) is 4.39 Å².